The highest BCUT2D eigenvalue weighted by atomic mass is 32.2. The Balaban J connectivity index is 2.05. The van der Waals surface area contributed by atoms with Gasteiger partial charge in [0.15, 0.2) is 4.90 Å². The van der Waals surface area contributed by atoms with Crippen molar-refractivity contribution in [1.82, 2.24) is 0 Å². The third kappa shape index (κ3) is 2.80. The Morgan fingerprint density at radius 3 is 2.30 bits per heavy atom. The molecule has 0 N–H and O–H groups in total. The minimum atomic E-state index is 0.224. The molecule has 0 saturated carbocycles. The van der Waals surface area contributed by atoms with Gasteiger partial charge in [-0.2, -0.15) is 0 Å². The zero-order chi connectivity index (χ0) is 13.9. The summed E-state index contributed by atoms with van der Waals surface area (Å²) >= 11 is 0. The standard InChI is InChI=1S/C18H23OS/c1-14(2)19-17-10-11-18(20-12-6-3-7-13-20)16-9-5-4-8-15(16)17/h4-5,8-11,14H,3,6-7,12-13H2,1-2H3/q+1. The minimum absolute atomic E-state index is 0.224. The van der Waals surface area contributed by atoms with Gasteiger partial charge in [0.25, 0.3) is 0 Å². The SMILES string of the molecule is CC(C)Oc1ccc([S+]2CCCCC2)c2ccccc12. The van der Waals surface area contributed by atoms with E-state index in [2.05, 4.69) is 50.2 Å². The Morgan fingerprint density at radius 2 is 1.60 bits per heavy atom. The fourth-order valence-corrected chi connectivity index (χ4v) is 5.40. The molecular weight excluding hydrogens is 264 g/mol. The summed E-state index contributed by atoms with van der Waals surface area (Å²) < 4.78 is 5.97. The van der Waals surface area contributed by atoms with E-state index in [1.54, 1.807) is 4.90 Å². The van der Waals surface area contributed by atoms with Crippen LogP contribution in [0, 0.1) is 0 Å². The first-order valence-corrected chi connectivity index (χ1v) is 9.18. The smallest absolute Gasteiger partial charge is 0.162 e. The number of hydrogen-bond donors (Lipinski definition) is 0. The summed E-state index contributed by atoms with van der Waals surface area (Å²) in [5.41, 5.74) is 0. The molecule has 0 unspecified atom stereocenters. The lowest BCUT2D eigenvalue weighted by Gasteiger charge is -2.17. The predicted octanol–water partition coefficient (Wildman–Crippen LogP) is 4.79. The Kier molecular flexibility index (Phi) is 4.21. The van der Waals surface area contributed by atoms with E-state index in [-0.39, 0.29) is 6.10 Å². The first kappa shape index (κ1) is 13.8. The van der Waals surface area contributed by atoms with Gasteiger partial charge in [0.2, 0.25) is 0 Å². The summed E-state index contributed by atoms with van der Waals surface area (Å²) in [5.74, 6) is 3.77. The molecule has 1 fully saturated rings. The fourth-order valence-electron chi connectivity index (χ4n) is 2.90. The third-order valence-electron chi connectivity index (χ3n) is 3.80. The Hall–Kier alpha value is -1.15. The molecule has 20 heavy (non-hydrogen) atoms. The van der Waals surface area contributed by atoms with Gasteiger partial charge in [-0.1, -0.05) is 18.2 Å². The molecule has 1 saturated heterocycles. The lowest BCUT2D eigenvalue weighted by Crippen LogP contribution is -2.18. The number of benzene rings is 2. The van der Waals surface area contributed by atoms with Gasteiger partial charge in [0.05, 0.1) is 6.10 Å². The van der Waals surface area contributed by atoms with E-state index in [0.29, 0.717) is 10.9 Å². The van der Waals surface area contributed by atoms with Crippen LogP contribution in [0.1, 0.15) is 33.1 Å². The normalized spacial score (nSPS) is 16.8. The van der Waals surface area contributed by atoms with Crippen LogP contribution < -0.4 is 4.74 Å². The average molecular weight is 287 g/mol. The molecule has 1 aliphatic rings. The molecule has 2 aromatic carbocycles. The van der Waals surface area contributed by atoms with Crippen LogP contribution >= 0.6 is 0 Å². The molecule has 2 heteroatoms. The van der Waals surface area contributed by atoms with E-state index in [1.807, 2.05) is 0 Å². The van der Waals surface area contributed by atoms with Gasteiger partial charge in [0.1, 0.15) is 17.3 Å². The molecular formula is C18H23OS+. The highest BCUT2D eigenvalue weighted by Crippen LogP contribution is 2.34. The summed E-state index contributed by atoms with van der Waals surface area (Å²) in [4.78, 5) is 1.55. The Labute approximate surface area is 124 Å². The fraction of sp³-hybridized carbons (Fsp3) is 0.444. The average Bonchev–Trinajstić information content (AvgIpc) is 2.48. The number of rotatable bonds is 3. The molecule has 0 aliphatic carbocycles. The van der Waals surface area contributed by atoms with Crippen molar-refractivity contribution in [3.63, 3.8) is 0 Å². The van der Waals surface area contributed by atoms with E-state index in [1.165, 1.54) is 41.5 Å². The summed E-state index contributed by atoms with van der Waals surface area (Å²) in [7, 11) is 0.441. The highest BCUT2D eigenvalue weighted by Gasteiger charge is 2.27. The molecule has 0 spiro atoms. The van der Waals surface area contributed by atoms with Gasteiger partial charge < -0.3 is 4.74 Å². The highest BCUT2D eigenvalue weighted by molar-refractivity contribution is 7.97. The van der Waals surface area contributed by atoms with Crippen LogP contribution in [0.15, 0.2) is 41.3 Å². The van der Waals surface area contributed by atoms with Crippen LogP contribution in [0.5, 0.6) is 5.75 Å². The van der Waals surface area contributed by atoms with Crippen molar-refractivity contribution in [3.05, 3.63) is 36.4 Å². The van der Waals surface area contributed by atoms with Gasteiger partial charge in [-0.15, -0.1) is 0 Å². The van der Waals surface area contributed by atoms with Crippen molar-refractivity contribution >= 4 is 21.7 Å². The largest absolute Gasteiger partial charge is 0.490 e. The quantitative estimate of drug-likeness (QED) is 0.738. The van der Waals surface area contributed by atoms with Crippen molar-refractivity contribution in [2.45, 2.75) is 44.1 Å². The molecule has 1 heterocycles. The van der Waals surface area contributed by atoms with Crippen molar-refractivity contribution in [2.24, 2.45) is 0 Å². The predicted molar refractivity (Wildman–Crippen MR) is 88.9 cm³/mol. The van der Waals surface area contributed by atoms with Gasteiger partial charge in [-0.25, -0.2) is 0 Å². The second-order valence-electron chi connectivity index (χ2n) is 5.74. The van der Waals surface area contributed by atoms with E-state index < -0.39 is 0 Å². The summed E-state index contributed by atoms with van der Waals surface area (Å²) in [6, 6.07) is 13.2. The molecule has 0 atom stereocenters. The van der Waals surface area contributed by atoms with E-state index in [9.17, 15) is 0 Å². The number of fused-ring (bicyclic) bond motifs is 1. The molecule has 0 aromatic heterocycles. The van der Waals surface area contributed by atoms with E-state index in [4.69, 9.17) is 4.74 Å². The molecule has 0 amide bonds. The first-order chi connectivity index (χ1) is 9.75. The van der Waals surface area contributed by atoms with Gasteiger partial charge in [0, 0.05) is 21.7 Å². The van der Waals surface area contributed by atoms with E-state index >= 15 is 0 Å². The molecule has 0 bridgehead atoms. The zero-order valence-corrected chi connectivity index (χ0v) is 13.2. The Bertz CT molecular complexity index is 585. The van der Waals surface area contributed by atoms with Crippen LogP contribution in [-0.2, 0) is 10.9 Å². The van der Waals surface area contributed by atoms with E-state index in [0.717, 1.165) is 5.75 Å². The first-order valence-electron chi connectivity index (χ1n) is 7.61. The maximum Gasteiger partial charge on any atom is 0.162 e. The minimum Gasteiger partial charge on any atom is -0.490 e. The van der Waals surface area contributed by atoms with Crippen LogP contribution in [0.2, 0.25) is 0 Å². The molecule has 2 aromatic rings. The van der Waals surface area contributed by atoms with Gasteiger partial charge in [-0.3, -0.25) is 0 Å². The zero-order valence-electron chi connectivity index (χ0n) is 12.4. The van der Waals surface area contributed by atoms with Crippen LogP contribution in [0.3, 0.4) is 0 Å². The summed E-state index contributed by atoms with van der Waals surface area (Å²) in [6.45, 7) is 4.18. The molecule has 106 valence electrons. The van der Waals surface area contributed by atoms with Crippen LogP contribution in [-0.4, -0.2) is 17.6 Å². The second-order valence-corrected chi connectivity index (χ2v) is 7.98. The summed E-state index contributed by atoms with van der Waals surface area (Å²) in [5, 5.41) is 2.67. The molecule has 1 aliphatic heterocycles. The van der Waals surface area contributed by atoms with Gasteiger partial charge >= 0.3 is 0 Å². The molecule has 0 radical (unpaired) electrons. The lowest BCUT2D eigenvalue weighted by atomic mass is 10.1. The molecule has 3 rings (SSSR count). The van der Waals surface area contributed by atoms with Crippen molar-refractivity contribution in [1.29, 1.82) is 0 Å². The maximum atomic E-state index is 5.97. The van der Waals surface area contributed by atoms with Crippen molar-refractivity contribution in [2.75, 3.05) is 11.5 Å². The van der Waals surface area contributed by atoms with Crippen LogP contribution in [0.25, 0.3) is 10.8 Å². The monoisotopic (exact) mass is 287 g/mol. The van der Waals surface area contributed by atoms with Crippen molar-refractivity contribution < 1.29 is 4.74 Å². The topological polar surface area (TPSA) is 9.23 Å². The maximum absolute atomic E-state index is 5.97. The lowest BCUT2D eigenvalue weighted by molar-refractivity contribution is 0.245. The Morgan fingerprint density at radius 1 is 0.900 bits per heavy atom. The van der Waals surface area contributed by atoms with Crippen LogP contribution in [0.4, 0.5) is 0 Å². The summed E-state index contributed by atoms with van der Waals surface area (Å²) in [6.07, 6.45) is 4.42. The number of ether oxygens (including phenoxy) is 1. The number of hydrogen-bond acceptors (Lipinski definition) is 1. The van der Waals surface area contributed by atoms with Gasteiger partial charge in [-0.05, 0) is 51.3 Å². The molecule has 1 nitrogen and oxygen atoms in total. The van der Waals surface area contributed by atoms with Crippen molar-refractivity contribution in [3.8, 4) is 5.75 Å². The third-order valence-corrected chi connectivity index (χ3v) is 6.34. The second kappa shape index (κ2) is 6.09.